The molecular formula is C18H21ClFN3O3S. The molecule has 1 aliphatic carbocycles. The number of nitrogens with one attached hydrogen (secondary N) is 2. The van der Waals surface area contributed by atoms with E-state index in [0.717, 1.165) is 48.8 Å². The molecule has 1 unspecified atom stereocenters. The zero-order chi connectivity index (χ0) is 18.9. The Hall–Kier alpha value is -2.32. The summed E-state index contributed by atoms with van der Waals surface area (Å²) in [5.41, 5.74) is 8.53. The van der Waals surface area contributed by atoms with Crippen molar-refractivity contribution >= 4 is 39.7 Å². The number of benzene rings is 2. The Kier molecular flexibility index (Phi) is 6.33. The molecule has 0 spiro atoms. The smallest absolute Gasteiger partial charge is 0.254 e. The van der Waals surface area contributed by atoms with E-state index in [1.165, 1.54) is 6.07 Å². The number of hydrogen-bond donors (Lipinski definition) is 3. The minimum Gasteiger partial charge on any atom is -0.399 e. The van der Waals surface area contributed by atoms with Gasteiger partial charge < -0.3 is 11.1 Å². The maximum atomic E-state index is 13.6. The van der Waals surface area contributed by atoms with Gasteiger partial charge in [-0.1, -0.05) is 6.07 Å². The van der Waals surface area contributed by atoms with Crippen LogP contribution in [0.1, 0.15) is 40.4 Å². The Bertz CT molecular complexity index is 966. The average Bonchev–Trinajstić information content (AvgIpc) is 2.55. The molecule has 1 aliphatic rings. The third kappa shape index (κ3) is 5.11. The van der Waals surface area contributed by atoms with Crippen LogP contribution in [0.2, 0.25) is 0 Å². The number of hydrogen-bond acceptors (Lipinski definition) is 4. The fraction of sp³-hybridized carbons (Fsp3) is 0.278. The minimum atomic E-state index is -3.60. The molecule has 4 N–H and O–H groups in total. The molecule has 1 amide bonds. The number of sulfonamides is 1. The molecule has 0 fully saturated rings. The van der Waals surface area contributed by atoms with Crippen molar-refractivity contribution in [1.82, 2.24) is 5.32 Å². The van der Waals surface area contributed by atoms with E-state index in [2.05, 4.69) is 10.0 Å². The topological polar surface area (TPSA) is 101 Å². The van der Waals surface area contributed by atoms with Gasteiger partial charge in [0.2, 0.25) is 10.0 Å². The number of aryl methyl sites for hydroxylation is 1. The maximum Gasteiger partial charge on any atom is 0.254 e. The van der Waals surface area contributed by atoms with E-state index in [0.29, 0.717) is 5.69 Å². The number of carbonyl (C=O) groups excluding carboxylic acids is 1. The zero-order valence-corrected chi connectivity index (χ0v) is 16.3. The van der Waals surface area contributed by atoms with E-state index in [1.54, 1.807) is 6.07 Å². The van der Waals surface area contributed by atoms with Crippen LogP contribution in [0.15, 0.2) is 36.4 Å². The molecule has 27 heavy (non-hydrogen) atoms. The number of rotatable bonds is 4. The first-order chi connectivity index (χ1) is 12.2. The second-order valence-corrected chi connectivity index (χ2v) is 8.19. The average molecular weight is 414 g/mol. The predicted octanol–water partition coefficient (Wildman–Crippen LogP) is 3.01. The van der Waals surface area contributed by atoms with Crippen LogP contribution in [0, 0.1) is 5.82 Å². The van der Waals surface area contributed by atoms with Crippen molar-refractivity contribution in [2.24, 2.45) is 0 Å². The SMILES string of the molecule is CS(=O)(=O)Nc1ccc(F)cc1C(=O)NC1CCCc2cc(N)ccc21.Cl. The van der Waals surface area contributed by atoms with E-state index in [9.17, 15) is 17.6 Å². The minimum absolute atomic E-state index is 0. The van der Waals surface area contributed by atoms with E-state index in [-0.39, 0.29) is 29.7 Å². The summed E-state index contributed by atoms with van der Waals surface area (Å²) in [5.74, 6) is -1.16. The van der Waals surface area contributed by atoms with E-state index >= 15 is 0 Å². The fourth-order valence-electron chi connectivity index (χ4n) is 3.21. The van der Waals surface area contributed by atoms with Gasteiger partial charge in [0, 0.05) is 5.69 Å². The van der Waals surface area contributed by atoms with Gasteiger partial charge in [0.15, 0.2) is 0 Å². The van der Waals surface area contributed by atoms with E-state index in [4.69, 9.17) is 5.73 Å². The van der Waals surface area contributed by atoms with Crippen LogP contribution in [-0.2, 0) is 16.4 Å². The van der Waals surface area contributed by atoms with Gasteiger partial charge in [-0.2, -0.15) is 0 Å². The zero-order valence-electron chi connectivity index (χ0n) is 14.7. The van der Waals surface area contributed by atoms with E-state index in [1.807, 2.05) is 12.1 Å². The third-order valence-electron chi connectivity index (χ3n) is 4.31. The molecule has 6 nitrogen and oxygen atoms in total. The molecule has 0 radical (unpaired) electrons. The highest BCUT2D eigenvalue weighted by Gasteiger charge is 2.24. The molecule has 2 aromatic rings. The summed E-state index contributed by atoms with van der Waals surface area (Å²) in [5, 5.41) is 2.88. The van der Waals surface area contributed by atoms with Crippen molar-refractivity contribution in [1.29, 1.82) is 0 Å². The first-order valence-corrected chi connectivity index (χ1v) is 10.1. The third-order valence-corrected chi connectivity index (χ3v) is 4.90. The monoisotopic (exact) mass is 413 g/mol. The molecule has 1 atom stereocenters. The number of nitrogen functional groups attached to an aromatic ring is 1. The molecule has 2 aromatic carbocycles. The Balaban J connectivity index is 0.00000261. The van der Waals surface area contributed by atoms with Crippen molar-refractivity contribution < 1.29 is 17.6 Å². The Morgan fingerprint density at radius 2 is 1.96 bits per heavy atom. The highest BCUT2D eigenvalue weighted by Crippen LogP contribution is 2.31. The van der Waals surface area contributed by atoms with Gasteiger partial charge >= 0.3 is 0 Å². The lowest BCUT2D eigenvalue weighted by Crippen LogP contribution is -2.31. The molecule has 0 aliphatic heterocycles. The fourth-order valence-corrected chi connectivity index (χ4v) is 3.79. The highest BCUT2D eigenvalue weighted by atomic mass is 35.5. The lowest BCUT2D eigenvalue weighted by atomic mass is 9.87. The lowest BCUT2D eigenvalue weighted by molar-refractivity contribution is 0.0933. The number of amides is 1. The maximum absolute atomic E-state index is 13.6. The molecule has 0 saturated carbocycles. The molecule has 0 heterocycles. The number of fused-ring (bicyclic) bond motifs is 1. The van der Waals surface area contributed by atoms with Crippen LogP contribution in [0.3, 0.4) is 0 Å². The number of anilines is 2. The van der Waals surface area contributed by atoms with Crippen LogP contribution in [0.5, 0.6) is 0 Å². The summed E-state index contributed by atoms with van der Waals surface area (Å²) < 4.78 is 38.9. The van der Waals surface area contributed by atoms with Crippen LogP contribution < -0.4 is 15.8 Å². The summed E-state index contributed by atoms with van der Waals surface area (Å²) in [4.78, 5) is 12.7. The number of halogens is 2. The summed E-state index contributed by atoms with van der Waals surface area (Å²) in [6.45, 7) is 0. The largest absolute Gasteiger partial charge is 0.399 e. The van der Waals surface area contributed by atoms with Gasteiger partial charge in [-0.3, -0.25) is 9.52 Å². The second-order valence-electron chi connectivity index (χ2n) is 6.44. The summed E-state index contributed by atoms with van der Waals surface area (Å²) in [7, 11) is -3.60. The van der Waals surface area contributed by atoms with Crippen molar-refractivity contribution in [3.63, 3.8) is 0 Å². The van der Waals surface area contributed by atoms with Crippen LogP contribution >= 0.6 is 12.4 Å². The summed E-state index contributed by atoms with van der Waals surface area (Å²) in [6, 6.07) is 8.69. The molecular weight excluding hydrogens is 393 g/mol. The van der Waals surface area contributed by atoms with Gasteiger partial charge in [-0.15, -0.1) is 12.4 Å². The van der Waals surface area contributed by atoms with Gasteiger partial charge in [0.1, 0.15) is 5.82 Å². The summed E-state index contributed by atoms with van der Waals surface area (Å²) in [6.07, 6.45) is 3.49. The predicted molar refractivity (Wildman–Crippen MR) is 106 cm³/mol. The Morgan fingerprint density at radius 1 is 1.22 bits per heavy atom. The lowest BCUT2D eigenvalue weighted by Gasteiger charge is -2.27. The standard InChI is InChI=1S/C18H20FN3O3S.ClH/c1-26(24,25)22-17-8-5-12(19)10-15(17)18(23)21-16-4-2-3-11-9-13(20)6-7-14(11)16;/h5-10,16,22H,2-4,20H2,1H3,(H,21,23);1H. The van der Waals surface area contributed by atoms with Crippen LogP contribution in [0.4, 0.5) is 15.8 Å². The Morgan fingerprint density at radius 3 is 2.67 bits per heavy atom. The van der Waals surface area contributed by atoms with Gasteiger partial charge in [0.25, 0.3) is 5.91 Å². The van der Waals surface area contributed by atoms with Gasteiger partial charge in [-0.25, -0.2) is 12.8 Å². The van der Waals surface area contributed by atoms with Crippen molar-refractivity contribution in [3.05, 3.63) is 58.9 Å². The van der Waals surface area contributed by atoms with Gasteiger partial charge in [0.05, 0.1) is 23.5 Å². The molecule has 146 valence electrons. The number of carbonyl (C=O) groups is 1. The molecule has 0 saturated heterocycles. The highest BCUT2D eigenvalue weighted by molar-refractivity contribution is 7.92. The first-order valence-electron chi connectivity index (χ1n) is 8.19. The van der Waals surface area contributed by atoms with Crippen LogP contribution in [-0.4, -0.2) is 20.6 Å². The molecule has 0 aromatic heterocycles. The summed E-state index contributed by atoms with van der Waals surface area (Å²) >= 11 is 0. The Labute approximate surface area is 163 Å². The molecule has 0 bridgehead atoms. The van der Waals surface area contributed by atoms with Gasteiger partial charge in [-0.05, 0) is 60.7 Å². The van der Waals surface area contributed by atoms with Crippen molar-refractivity contribution in [3.8, 4) is 0 Å². The number of nitrogens with two attached hydrogens (primary N) is 1. The second kappa shape index (κ2) is 8.14. The normalized spacial score (nSPS) is 16.0. The molecule has 3 rings (SSSR count). The quantitative estimate of drug-likeness (QED) is 0.670. The van der Waals surface area contributed by atoms with E-state index < -0.39 is 21.7 Å². The van der Waals surface area contributed by atoms with Crippen molar-refractivity contribution in [2.75, 3.05) is 16.7 Å². The van der Waals surface area contributed by atoms with Crippen LogP contribution in [0.25, 0.3) is 0 Å². The van der Waals surface area contributed by atoms with Crippen molar-refractivity contribution in [2.45, 2.75) is 25.3 Å². The molecule has 9 heteroatoms. The first kappa shape index (κ1) is 21.0.